The van der Waals surface area contributed by atoms with Gasteiger partial charge in [0, 0.05) is 18.6 Å². The molecule has 0 aliphatic carbocycles. The lowest BCUT2D eigenvalue weighted by Crippen LogP contribution is -1.85. The van der Waals surface area contributed by atoms with E-state index in [0.717, 1.165) is 34.1 Å². The lowest BCUT2D eigenvalue weighted by atomic mass is 10.1. The molecule has 0 unspecified atom stereocenters. The van der Waals surface area contributed by atoms with Crippen LogP contribution in [0.15, 0.2) is 59.5 Å². The maximum absolute atomic E-state index is 5.57. The third kappa shape index (κ3) is 1.60. The molecular formula is C15H12N4O. The minimum Gasteiger partial charge on any atom is -0.361 e. The summed E-state index contributed by atoms with van der Waals surface area (Å²) in [6.07, 6.45) is 5.63. The molecule has 5 nitrogen and oxygen atoms in total. The van der Waals surface area contributed by atoms with E-state index in [2.05, 4.69) is 20.1 Å². The molecule has 0 radical (unpaired) electrons. The fraction of sp³-hybridized carbons (Fsp3) is 0. The van der Waals surface area contributed by atoms with Crippen LogP contribution in [0.1, 0.15) is 0 Å². The Labute approximate surface area is 114 Å². The van der Waals surface area contributed by atoms with Gasteiger partial charge >= 0.3 is 0 Å². The monoisotopic (exact) mass is 264 g/mol. The van der Waals surface area contributed by atoms with E-state index in [1.807, 2.05) is 55.0 Å². The van der Waals surface area contributed by atoms with Crippen LogP contribution >= 0.6 is 0 Å². The van der Waals surface area contributed by atoms with E-state index in [4.69, 9.17) is 4.52 Å². The Balaban J connectivity index is 1.98. The third-order valence-electron chi connectivity index (χ3n) is 3.26. The zero-order valence-electron chi connectivity index (χ0n) is 10.6. The molecule has 4 aromatic heterocycles. The van der Waals surface area contributed by atoms with Gasteiger partial charge in [-0.3, -0.25) is 0 Å². The molecule has 5 heteroatoms. The van der Waals surface area contributed by atoms with Crippen LogP contribution in [-0.2, 0) is 0 Å². The van der Waals surface area contributed by atoms with Gasteiger partial charge in [-0.1, -0.05) is 5.16 Å². The average molecular weight is 264 g/mol. The standard InChI is InChI=1S/C15H12N4O/c1-4-10(16-7-1)13-14(11-5-2-8-17-11)19-20-15(13)12-6-3-9-18-12/h1-9,16-18H. The van der Waals surface area contributed by atoms with Crippen LogP contribution in [0.5, 0.6) is 0 Å². The summed E-state index contributed by atoms with van der Waals surface area (Å²) >= 11 is 0. The Morgan fingerprint density at radius 3 is 1.95 bits per heavy atom. The van der Waals surface area contributed by atoms with Crippen molar-refractivity contribution in [1.29, 1.82) is 0 Å². The van der Waals surface area contributed by atoms with E-state index in [9.17, 15) is 0 Å². The first-order valence-electron chi connectivity index (χ1n) is 6.34. The van der Waals surface area contributed by atoms with Crippen LogP contribution in [0.25, 0.3) is 34.1 Å². The minimum absolute atomic E-state index is 0.724. The summed E-state index contributed by atoms with van der Waals surface area (Å²) in [4.78, 5) is 9.54. The van der Waals surface area contributed by atoms with E-state index in [0.29, 0.717) is 0 Å². The molecule has 4 rings (SSSR count). The van der Waals surface area contributed by atoms with Crippen molar-refractivity contribution in [2.45, 2.75) is 0 Å². The highest BCUT2D eigenvalue weighted by Crippen LogP contribution is 2.37. The lowest BCUT2D eigenvalue weighted by Gasteiger charge is -2.00. The van der Waals surface area contributed by atoms with Gasteiger partial charge in [-0.25, -0.2) is 0 Å². The van der Waals surface area contributed by atoms with Crippen molar-refractivity contribution in [1.82, 2.24) is 20.1 Å². The number of hydrogen-bond donors (Lipinski definition) is 3. The number of H-pyrrole nitrogens is 3. The van der Waals surface area contributed by atoms with Gasteiger partial charge in [0.1, 0.15) is 5.69 Å². The van der Waals surface area contributed by atoms with Gasteiger partial charge in [-0.15, -0.1) is 0 Å². The molecule has 0 bridgehead atoms. The number of rotatable bonds is 3. The van der Waals surface area contributed by atoms with Gasteiger partial charge in [0.05, 0.1) is 22.6 Å². The van der Waals surface area contributed by atoms with E-state index >= 15 is 0 Å². The average Bonchev–Trinajstić information content (AvgIpc) is 3.23. The molecule has 0 aliphatic heterocycles. The molecule has 0 spiro atoms. The van der Waals surface area contributed by atoms with Crippen molar-refractivity contribution in [3.63, 3.8) is 0 Å². The van der Waals surface area contributed by atoms with Crippen molar-refractivity contribution >= 4 is 0 Å². The van der Waals surface area contributed by atoms with Crippen LogP contribution in [-0.4, -0.2) is 20.1 Å². The fourth-order valence-electron chi connectivity index (χ4n) is 2.34. The predicted octanol–water partition coefficient (Wildman–Crippen LogP) is 3.66. The number of aromatic amines is 3. The second kappa shape index (κ2) is 4.31. The molecular weight excluding hydrogens is 252 g/mol. The SMILES string of the molecule is c1c[nH]c(-c2noc(-c3ccc[nH]3)c2-c2ccc[nH]2)c1. The highest BCUT2D eigenvalue weighted by molar-refractivity contribution is 5.87. The van der Waals surface area contributed by atoms with E-state index in [1.54, 1.807) is 0 Å². The van der Waals surface area contributed by atoms with E-state index in [-0.39, 0.29) is 0 Å². The first-order chi connectivity index (χ1) is 9.93. The minimum atomic E-state index is 0.724. The molecule has 0 aromatic carbocycles. The number of hydrogen-bond acceptors (Lipinski definition) is 2. The summed E-state index contributed by atoms with van der Waals surface area (Å²) in [5, 5.41) is 4.22. The fourth-order valence-corrected chi connectivity index (χ4v) is 2.34. The molecule has 0 aliphatic rings. The molecule has 0 saturated carbocycles. The van der Waals surface area contributed by atoms with Crippen LogP contribution in [0, 0.1) is 0 Å². The molecule has 0 fully saturated rings. The van der Waals surface area contributed by atoms with Gasteiger partial charge in [0.2, 0.25) is 0 Å². The first-order valence-corrected chi connectivity index (χ1v) is 6.34. The summed E-state index contributed by atoms with van der Waals surface area (Å²) in [6, 6.07) is 11.8. The molecule has 4 heterocycles. The van der Waals surface area contributed by atoms with Gasteiger partial charge in [0.25, 0.3) is 0 Å². The quantitative estimate of drug-likeness (QED) is 0.528. The predicted molar refractivity (Wildman–Crippen MR) is 75.9 cm³/mol. The Morgan fingerprint density at radius 2 is 1.35 bits per heavy atom. The largest absolute Gasteiger partial charge is 0.361 e. The van der Waals surface area contributed by atoms with Crippen LogP contribution in [0.3, 0.4) is 0 Å². The third-order valence-corrected chi connectivity index (χ3v) is 3.26. The maximum atomic E-state index is 5.57. The van der Waals surface area contributed by atoms with Gasteiger partial charge < -0.3 is 19.5 Å². The zero-order valence-corrected chi connectivity index (χ0v) is 10.6. The lowest BCUT2D eigenvalue weighted by molar-refractivity contribution is 0.434. The molecule has 4 aromatic rings. The Morgan fingerprint density at radius 1 is 0.750 bits per heavy atom. The second-order valence-corrected chi connectivity index (χ2v) is 4.49. The summed E-state index contributed by atoms with van der Waals surface area (Å²) < 4.78 is 5.57. The molecule has 0 saturated heterocycles. The molecule has 3 N–H and O–H groups in total. The molecule has 98 valence electrons. The Kier molecular flexibility index (Phi) is 2.35. The van der Waals surface area contributed by atoms with Crippen LogP contribution < -0.4 is 0 Å². The smallest absolute Gasteiger partial charge is 0.193 e. The second-order valence-electron chi connectivity index (χ2n) is 4.49. The number of nitrogens with zero attached hydrogens (tertiary/aromatic N) is 1. The molecule has 0 amide bonds. The van der Waals surface area contributed by atoms with E-state index < -0.39 is 0 Å². The molecule has 0 atom stereocenters. The highest BCUT2D eigenvalue weighted by atomic mass is 16.5. The first kappa shape index (κ1) is 10.9. The summed E-state index contributed by atoms with van der Waals surface area (Å²) in [5.74, 6) is 0.724. The molecule has 20 heavy (non-hydrogen) atoms. The van der Waals surface area contributed by atoms with Crippen molar-refractivity contribution in [2.75, 3.05) is 0 Å². The Hall–Kier alpha value is -2.95. The summed E-state index contributed by atoms with van der Waals surface area (Å²) in [6.45, 7) is 0. The maximum Gasteiger partial charge on any atom is 0.193 e. The van der Waals surface area contributed by atoms with Crippen molar-refractivity contribution in [2.24, 2.45) is 0 Å². The van der Waals surface area contributed by atoms with Gasteiger partial charge in [-0.05, 0) is 36.4 Å². The summed E-state index contributed by atoms with van der Waals surface area (Å²) in [5.41, 5.74) is 4.54. The summed E-state index contributed by atoms with van der Waals surface area (Å²) in [7, 11) is 0. The van der Waals surface area contributed by atoms with E-state index in [1.165, 1.54) is 0 Å². The number of nitrogens with one attached hydrogen (secondary N) is 3. The van der Waals surface area contributed by atoms with Crippen LogP contribution in [0.4, 0.5) is 0 Å². The van der Waals surface area contributed by atoms with Crippen molar-refractivity contribution in [3.8, 4) is 34.1 Å². The number of aromatic nitrogens is 4. The Bertz CT molecular complexity index is 741. The van der Waals surface area contributed by atoms with Crippen molar-refractivity contribution < 1.29 is 4.52 Å². The topological polar surface area (TPSA) is 73.4 Å². The van der Waals surface area contributed by atoms with Crippen LogP contribution in [0.2, 0.25) is 0 Å². The van der Waals surface area contributed by atoms with Gasteiger partial charge in [0.15, 0.2) is 5.76 Å². The normalized spacial score (nSPS) is 11.0. The van der Waals surface area contributed by atoms with Crippen molar-refractivity contribution in [3.05, 3.63) is 55.0 Å². The van der Waals surface area contributed by atoms with Gasteiger partial charge in [-0.2, -0.15) is 0 Å². The highest BCUT2D eigenvalue weighted by Gasteiger charge is 2.22. The zero-order chi connectivity index (χ0) is 13.4.